The number of nitrogens with zero attached hydrogens (tertiary/aromatic N) is 1. The lowest BCUT2D eigenvalue weighted by Gasteiger charge is -2.27. The lowest BCUT2D eigenvalue weighted by molar-refractivity contribution is -0.132. The van der Waals surface area contributed by atoms with Crippen LogP contribution in [-0.2, 0) is 11.3 Å². The number of hydrogen-bond donors (Lipinski definition) is 0. The molecule has 0 saturated heterocycles. The molecule has 1 amide bonds. The summed E-state index contributed by atoms with van der Waals surface area (Å²) in [7, 11) is 0. The largest absolute Gasteiger partial charge is 0.454 e. The fraction of sp³-hybridized carbons (Fsp3) is 0.208. The number of benzene rings is 3. The Labute approximate surface area is 165 Å². The smallest absolute Gasteiger partial charge is 0.234 e. The Kier molecular flexibility index (Phi) is 5.29. The molecule has 1 heterocycles. The number of ether oxygens (including phenoxy) is 2. The molecule has 3 aromatic carbocycles. The number of amides is 1. The highest BCUT2D eigenvalue weighted by Crippen LogP contribution is 2.33. The van der Waals surface area contributed by atoms with Gasteiger partial charge in [-0.1, -0.05) is 66.7 Å². The first-order valence-electron chi connectivity index (χ1n) is 9.53. The van der Waals surface area contributed by atoms with E-state index in [0.29, 0.717) is 13.1 Å². The average molecular weight is 373 g/mol. The van der Waals surface area contributed by atoms with Crippen LogP contribution in [0, 0.1) is 0 Å². The standard InChI is InChI=1S/C24H23NO3/c1-2-25(16-18-13-14-21-22(15-18)28-17-27-21)24(26)23(19-9-5-3-6-10-19)20-11-7-4-8-12-20/h3-15,23H,2,16-17H2,1H3. The van der Waals surface area contributed by atoms with Crippen LogP contribution in [0.4, 0.5) is 0 Å². The molecule has 0 bridgehead atoms. The minimum Gasteiger partial charge on any atom is -0.454 e. The second-order valence-corrected chi connectivity index (χ2v) is 6.79. The molecule has 3 aromatic rings. The van der Waals surface area contributed by atoms with Gasteiger partial charge in [0.15, 0.2) is 11.5 Å². The monoisotopic (exact) mass is 373 g/mol. The highest BCUT2D eigenvalue weighted by molar-refractivity contribution is 5.87. The van der Waals surface area contributed by atoms with Gasteiger partial charge in [-0.25, -0.2) is 0 Å². The quantitative estimate of drug-likeness (QED) is 0.634. The third kappa shape index (κ3) is 3.72. The van der Waals surface area contributed by atoms with Gasteiger partial charge in [0, 0.05) is 13.1 Å². The van der Waals surface area contributed by atoms with Crippen molar-refractivity contribution in [3.8, 4) is 11.5 Å². The molecule has 0 spiro atoms. The second kappa shape index (κ2) is 8.17. The van der Waals surface area contributed by atoms with E-state index in [1.165, 1.54) is 0 Å². The number of likely N-dealkylation sites (N-methyl/N-ethyl adjacent to an activating group) is 1. The Bertz CT molecular complexity index is 901. The van der Waals surface area contributed by atoms with Crippen LogP contribution >= 0.6 is 0 Å². The first-order valence-corrected chi connectivity index (χ1v) is 9.53. The zero-order valence-electron chi connectivity index (χ0n) is 15.9. The van der Waals surface area contributed by atoms with Gasteiger partial charge in [0.2, 0.25) is 12.7 Å². The van der Waals surface area contributed by atoms with Crippen molar-refractivity contribution in [3.05, 3.63) is 95.6 Å². The van der Waals surface area contributed by atoms with Gasteiger partial charge < -0.3 is 14.4 Å². The molecule has 1 aliphatic heterocycles. The van der Waals surface area contributed by atoms with Crippen LogP contribution in [0.1, 0.15) is 29.5 Å². The van der Waals surface area contributed by atoms with Crippen molar-refractivity contribution < 1.29 is 14.3 Å². The molecule has 0 aliphatic carbocycles. The summed E-state index contributed by atoms with van der Waals surface area (Å²) >= 11 is 0. The van der Waals surface area contributed by atoms with Gasteiger partial charge >= 0.3 is 0 Å². The van der Waals surface area contributed by atoms with Crippen molar-refractivity contribution in [1.29, 1.82) is 0 Å². The van der Waals surface area contributed by atoms with E-state index in [9.17, 15) is 4.79 Å². The fourth-order valence-corrected chi connectivity index (χ4v) is 3.56. The second-order valence-electron chi connectivity index (χ2n) is 6.79. The number of carbonyl (C=O) groups is 1. The van der Waals surface area contributed by atoms with E-state index < -0.39 is 0 Å². The lowest BCUT2D eigenvalue weighted by Crippen LogP contribution is -2.35. The van der Waals surface area contributed by atoms with E-state index in [0.717, 1.165) is 28.2 Å². The van der Waals surface area contributed by atoms with E-state index >= 15 is 0 Å². The van der Waals surface area contributed by atoms with E-state index in [4.69, 9.17) is 9.47 Å². The van der Waals surface area contributed by atoms with Crippen LogP contribution in [0.3, 0.4) is 0 Å². The predicted molar refractivity (Wildman–Crippen MR) is 108 cm³/mol. The molecule has 0 unspecified atom stereocenters. The first-order chi connectivity index (χ1) is 13.8. The van der Waals surface area contributed by atoms with Crippen LogP contribution in [0.5, 0.6) is 11.5 Å². The molecule has 0 aromatic heterocycles. The summed E-state index contributed by atoms with van der Waals surface area (Å²) in [6.45, 7) is 3.42. The van der Waals surface area contributed by atoms with Crippen molar-refractivity contribution in [2.75, 3.05) is 13.3 Å². The van der Waals surface area contributed by atoms with E-state index in [1.807, 2.05) is 90.7 Å². The van der Waals surface area contributed by atoms with E-state index in [2.05, 4.69) is 0 Å². The summed E-state index contributed by atoms with van der Waals surface area (Å²) in [4.78, 5) is 15.5. The summed E-state index contributed by atoms with van der Waals surface area (Å²) in [5.41, 5.74) is 3.03. The molecule has 4 rings (SSSR count). The van der Waals surface area contributed by atoms with Crippen molar-refractivity contribution >= 4 is 5.91 Å². The number of rotatable bonds is 6. The number of hydrogen-bond acceptors (Lipinski definition) is 3. The summed E-state index contributed by atoms with van der Waals surface area (Å²) < 4.78 is 10.9. The van der Waals surface area contributed by atoms with Crippen molar-refractivity contribution in [2.24, 2.45) is 0 Å². The summed E-state index contributed by atoms with van der Waals surface area (Å²) in [6.07, 6.45) is 0. The predicted octanol–water partition coefficient (Wildman–Crippen LogP) is 4.60. The van der Waals surface area contributed by atoms with Crippen LogP contribution in [0.15, 0.2) is 78.9 Å². The summed E-state index contributed by atoms with van der Waals surface area (Å²) in [5.74, 6) is 1.27. The van der Waals surface area contributed by atoms with Gasteiger partial charge in [0.1, 0.15) is 0 Å². The van der Waals surface area contributed by atoms with Gasteiger partial charge in [0.05, 0.1) is 5.92 Å². The molecule has 0 fully saturated rings. The average Bonchev–Trinajstić information content (AvgIpc) is 3.21. The third-order valence-electron chi connectivity index (χ3n) is 5.02. The van der Waals surface area contributed by atoms with Crippen LogP contribution < -0.4 is 9.47 Å². The Morgan fingerprint density at radius 1 is 0.893 bits per heavy atom. The maximum atomic E-state index is 13.6. The number of carbonyl (C=O) groups excluding carboxylic acids is 1. The molecule has 4 nitrogen and oxygen atoms in total. The van der Waals surface area contributed by atoms with Gasteiger partial charge in [-0.2, -0.15) is 0 Å². The molecule has 0 radical (unpaired) electrons. The Morgan fingerprint density at radius 2 is 1.50 bits per heavy atom. The number of fused-ring (bicyclic) bond motifs is 1. The molecule has 4 heteroatoms. The van der Waals surface area contributed by atoms with Crippen molar-refractivity contribution in [3.63, 3.8) is 0 Å². The van der Waals surface area contributed by atoms with E-state index in [-0.39, 0.29) is 18.6 Å². The zero-order chi connectivity index (χ0) is 19.3. The van der Waals surface area contributed by atoms with Crippen molar-refractivity contribution in [2.45, 2.75) is 19.4 Å². The summed E-state index contributed by atoms with van der Waals surface area (Å²) in [6, 6.07) is 25.8. The molecule has 0 saturated carbocycles. The minimum atomic E-state index is -0.323. The van der Waals surface area contributed by atoms with Gasteiger partial charge in [0.25, 0.3) is 0 Å². The molecular weight excluding hydrogens is 350 g/mol. The topological polar surface area (TPSA) is 38.8 Å². The fourth-order valence-electron chi connectivity index (χ4n) is 3.56. The highest BCUT2D eigenvalue weighted by atomic mass is 16.7. The maximum Gasteiger partial charge on any atom is 0.234 e. The van der Waals surface area contributed by atoms with Crippen LogP contribution in [0.25, 0.3) is 0 Å². The highest BCUT2D eigenvalue weighted by Gasteiger charge is 2.27. The molecule has 142 valence electrons. The van der Waals surface area contributed by atoms with Gasteiger partial charge in [-0.15, -0.1) is 0 Å². The third-order valence-corrected chi connectivity index (χ3v) is 5.02. The minimum absolute atomic E-state index is 0.0950. The maximum absolute atomic E-state index is 13.6. The molecule has 0 atom stereocenters. The van der Waals surface area contributed by atoms with Crippen molar-refractivity contribution in [1.82, 2.24) is 4.90 Å². The Balaban J connectivity index is 1.63. The van der Waals surface area contributed by atoms with E-state index in [1.54, 1.807) is 0 Å². The molecular formula is C24H23NO3. The van der Waals surface area contributed by atoms with Gasteiger partial charge in [-0.05, 0) is 35.7 Å². The summed E-state index contributed by atoms with van der Waals surface area (Å²) in [5, 5.41) is 0. The molecule has 1 aliphatic rings. The Hall–Kier alpha value is -3.27. The first kappa shape index (κ1) is 18.1. The van der Waals surface area contributed by atoms with Crippen LogP contribution in [0.2, 0.25) is 0 Å². The Morgan fingerprint density at radius 3 is 2.11 bits per heavy atom. The molecule has 0 N–H and O–H groups in total. The van der Waals surface area contributed by atoms with Gasteiger partial charge in [-0.3, -0.25) is 4.79 Å². The normalized spacial score (nSPS) is 12.2. The van der Waals surface area contributed by atoms with Crippen LogP contribution in [-0.4, -0.2) is 24.1 Å². The zero-order valence-corrected chi connectivity index (χ0v) is 15.9. The lowest BCUT2D eigenvalue weighted by atomic mass is 9.90. The molecule has 28 heavy (non-hydrogen) atoms. The SMILES string of the molecule is CCN(Cc1ccc2c(c1)OCO2)C(=O)C(c1ccccc1)c1ccccc1.